The first-order chi connectivity index (χ1) is 13.0. The molecule has 0 aliphatic heterocycles. The van der Waals surface area contributed by atoms with Crippen LogP contribution in [0.3, 0.4) is 0 Å². The van der Waals surface area contributed by atoms with Crippen molar-refractivity contribution in [1.29, 1.82) is 0 Å². The Kier molecular flexibility index (Phi) is 4.39. The zero-order chi connectivity index (χ0) is 19.0. The van der Waals surface area contributed by atoms with E-state index in [0.717, 1.165) is 25.7 Å². The molecule has 0 unspecified atom stereocenters. The number of H-pyrrole nitrogens is 1. The van der Waals surface area contributed by atoms with Gasteiger partial charge in [0.15, 0.2) is 5.76 Å². The van der Waals surface area contributed by atoms with Crippen molar-refractivity contribution < 1.29 is 9.21 Å². The summed E-state index contributed by atoms with van der Waals surface area (Å²) in [5, 5.41) is 7.43. The van der Waals surface area contributed by atoms with Gasteiger partial charge in [0, 0.05) is 23.2 Å². The summed E-state index contributed by atoms with van der Waals surface area (Å²) in [5.74, 6) is 1.24. The number of carbonyl (C=O) groups is 1. The van der Waals surface area contributed by atoms with E-state index in [1.54, 1.807) is 38.3 Å². The SMILES string of the molecule is Cc1nc(-n2nc(-c3ccco3)cc2NC(=O)C2CCCC2)[nH]c(=O)c1C. The maximum absolute atomic E-state index is 12.6. The first-order valence-electron chi connectivity index (χ1n) is 9.05. The quantitative estimate of drug-likeness (QED) is 0.737. The van der Waals surface area contributed by atoms with Gasteiger partial charge in [0.05, 0.1) is 6.26 Å². The Morgan fingerprint density at radius 3 is 2.78 bits per heavy atom. The molecule has 0 aromatic carbocycles. The summed E-state index contributed by atoms with van der Waals surface area (Å²) in [4.78, 5) is 31.9. The predicted octanol–water partition coefficient (Wildman–Crippen LogP) is 2.96. The second-order valence-corrected chi connectivity index (χ2v) is 6.87. The molecule has 1 aliphatic rings. The van der Waals surface area contributed by atoms with Gasteiger partial charge in [-0.3, -0.25) is 14.6 Å². The van der Waals surface area contributed by atoms with Gasteiger partial charge < -0.3 is 9.73 Å². The van der Waals surface area contributed by atoms with E-state index in [2.05, 4.69) is 20.4 Å². The Hall–Kier alpha value is -3.16. The summed E-state index contributed by atoms with van der Waals surface area (Å²) in [6.45, 7) is 3.48. The van der Waals surface area contributed by atoms with E-state index < -0.39 is 0 Å². The van der Waals surface area contributed by atoms with Crippen LogP contribution in [0.25, 0.3) is 17.4 Å². The Bertz CT molecular complexity index is 1030. The van der Waals surface area contributed by atoms with Crippen molar-refractivity contribution in [3.63, 3.8) is 0 Å². The summed E-state index contributed by atoms with van der Waals surface area (Å²) >= 11 is 0. The first-order valence-corrected chi connectivity index (χ1v) is 9.05. The van der Waals surface area contributed by atoms with Crippen LogP contribution in [0.5, 0.6) is 0 Å². The monoisotopic (exact) mass is 367 g/mol. The third kappa shape index (κ3) is 3.30. The first kappa shape index (κ1) is 17.3. The van der Waals surface area contributed by atoms with E-state index in [1.807, 2.05) is 0 Å². The van der Waals surface area contributed by atoms with Gasteiger partial charge in [-0.25, -0.2) is 4.98 Å². The lowest BCUT2D eigenvalue weighted by molar-refractivity contribution is -0.119. The maximum atomic E-state index is 12.6. The molecule has 140 valence electrons. The van der Waals surface area contributed by atoms with E-state index in [-0.39, 0.29) is 23.3 Å². The summed E-state index contributed by atoms with van der Waals surface area (Å²) in [5.41, 5.74) is 1.47. The lowest BCUT2D eigenvalue weighted by atomic mass is 10.1. The van der Waals surface area contributed by atoms with E-state index in [9.17, 15) is 9.59 Å². The molecule has 2 N–H and O–H groups in total. The largest absolute Gasteiger partial charge is 0.463 e. The van der Waals surface area contributed by atoms with Crippen LogP contribution in [0.1, 0.15) is 36.9 Å². The van der Waals surface area contributed by atoms with Crippen LogP contribution in [-0.2, 0) is 4.79 Å². The molecule has 4 rings (SSSR count). The third-order valence-electron chi connectivity index (χ3n) is 5.04. The Balaban J connectivity index is 1.76. The fourth-order valence-electron chi connectivity index (χ4n) is 3.32. The highest BCUT2D eigenvalue weighted by atomic mass is 16.3. The van der Waals surface area contributed by atoms with Gasteiger partial charge >= 0.3 is 0 Å². The normalized spacial score (nSPS) is 14.6. The Morgan fingerprint density at radius 2 is 2.11 bits per heavy atom. The molecule has 8 heteroatoms. The summed E-state index contributed by atoms with van der Waals surface area (Å²) in [7, 11) is 0. The molecular formula is C19H21N5O3. The van der Waals surface area contributed by atoms with Crippen LogP contribution in [0.15, 0.2) is 33.7 Å². The number of furan rings is 1. The minimum absolute atomic E-state index is 0.00664. The standard InChI is InChI=1S/C19H21N5O3/c1-11-12(2)20-19(22-17(11)25)24-16(21-18(26)13-6-3-4-7-13)10-14(23-24)15-8-5-9-27-15/h5,8-10,13H,3-4,6-7H2,1-2H3,(H,21,26)(H,20,22,25). The van der Waals surface area contributed by atoms with Crippen molar-refractivity contribution in [2.45, 2.75) is 39.5 Å². The number of hydrogen-bond donors (Lipinski definition) is 2. The number of nitrogens with zero attached hydrogens (tertiary/aromatic N) is 3. The van der Waals surface area contributed by atoms with Crippen LogP contribution in [-0.4, -0.2) is 25.7 Å². The van der Waals surface area contributed by atoms with Gasteiger partial charge in [0.1, 0.15) is 11.5 Å². The lowest BCUT2D eigenvalue weighted by Crippen LogP contribution is -2.24. The average molecular weight is 367 g/mol. The molecule has 8 nitrogen and oxygen atoms in total. The van der Waals surface area contributed by atoms with Crippen molar-refractivity contribution in [1.82, 2.24) is 19.7 Å². The molecule has 27 heavy (non-hydrogen) atoms. The molecule has 3 heterocycles. The molecule has 0 saturated heterocycles. The molecule has 1 aliphatic carbocycles. The van der Waals surface area contributed by atoms with Gasteiger partial charge in [0.2, 0.25) is 11.9 Å². The number of aromatic amines is 1. The molecule has 0 radical (unpaired) electrons. The summed E-state index contributed by atoms with van der Waals surface area (Å²) < 4.78 is 6.86. The van der Waals surface area contributed by atoms with Crippen molar-refractivity contribution in [3.05, 3.63) is 46.1 Å². The van der Waals surface area contributed by atoms with E-state index in [0.29, 0.717) is 28.5 Å². The minimum Gasteiger partial charge on any atom is -0.463 e. The molecule has 0 bridgehead atoms. The predicted molar refractivity (Wildman–Crippen MR) is 99.7 cm³/mol. The minimum atomic E-state index is -0.236. The van der Waals surface area contributed by atoms with Crippen molar-refractivity contribution in [3.8, 4) is 17.4 Å². The number of carbonyl (C=O) groups excluding carboxylic acids is 1. The molecule has 0 atom stereocenters. The van der Waals surface area contributed by atoms with Gasteiger partial charge in [0.25, 0.3) is 5.56 Å². The molecule has 3 aromatic heterocycles. The summed E-state index contributed by atoms with van der Waals surface area (Å²) in [6, 6.07) is 5.27. The highest BCUT2D eigenvalue weighted by molar-refractivity contribution is 5.92. The second kappa shape index (κ2) is 6.86. The van der Waals surface area contributed by atoms with Crippen LogP contribution >= 0.6 is 0 Å². The fourth-order valence-corrected chi connectivity index (χ4v) is 3.32. The van der Waals surface area contributed by atoms with Gasteiger partial charge in [-0.2, -0.15) is 9.78 Å². The van der Waals surface area contributed by atoms with Crippen LogP contribution < -0.4 is 10.9 Å². The number of rotatable bonds is 4. The van der Waals surface area contributed by atoms with Crippen molar-refractivity contribution in [2.75, 3.05) is 5.32 Å². The third-order valence-corrected chi connectivity index (χ3v) is 5.04. The van der Waals surface area contributed by atoms with E-state index in [4.69, 9.17) is 4.42 Å². The number of amides is 1. The summed E-state index contributed by atoms with van der Waals surface area (Å²) in [6.07, 6.45) is 5.48. The molecule has 1 fully saturated rings. The lowest BCUT2D eigenvalue weighted by Gasteiger charge is -2.12. The van der Waals surface area contributed by atoms with Gasteiger partial charge in [-0.15, -0.1) is 0 Å². The van der Waals surface area contributed by atoms with Crippen LogP contribution in [0, 0.1) is 19.8 Å². The van der Waals surface area contributed by atoms with E-state index >= 15 is 0 Å². The molecule has 1 amide bonds. The molecular weight excluding hydrogens is 346 g/mol. The van der Waals surface area contributed by atoms with Crippen LogP contribution in [0.2, 0.25) is 0 Å². The fraction of sp³-hybridized carbons (Fsp3) is 0.368. The number of anilines is 1. The highest BCUT2D eigenvalue weighted by Crippen LogP contribution is 2.28. The molecule has 1 saturated carbocycles. The maximum Gasteiger partial charge on any atom is 0.255 e. The van der Waals surface area contributed by atoms with Crippen molar-refractivity contribution >= 4 is 11.7 Å². The number of nitrogens with one attached hydrogen (secondary N) is 2. The smallest absolute Gasteiger partial charge is 0.255 e. The number of hydrogen-bond acceptors (Lipinski definition) is 5. The average Bonchev–Trinajstić information content (AvgIpc) is 3.39. The highest BCUT2D eigenvalue weighted by Gasteiger charge is 2.25. The number of aromatic nitrogens is 4. The molecule has 3 aromatic rings. The zero-order valence-electron chi connectivity index (χ0n) is 15.3. The Morgan fingerprint density at radius 1 is 1.33 bits per heavy atom. The number of aryl methyl sites for hydroxylation is 1. The topological polar surface area (TPSA) is 106 Å². The second-order valence-electron chi connectivity index (χ2n) is 6.87. The van der Waals surface area contributed by atoms with Crippen LogP contribution in [0.4, 0.5) is 5.82 Å². The molecule has 0 spiro atoms. The van der Waals surface area contributed by atoms with E-state index in [1.165, 1.54) is 4.68 Å². The zero-order valence-corrected chi connectivity index (χ0v) is 15.3. The van der Waals surface area contributed by atoms with Gasteiger partial charge in [-0.1, -0.05) is 12.8 Å². The van der Waals surface area contributed by atoms with Crippen molar-refractivity contribution in [2.24, 2.45) is 5.92 Å². The van der Waals surface area contributed by atoms with Gasteiger partial charge in [-0.05, 0) is 38.8 Å². The Labute approximate surface area is 155 Å².